The fourth-order valence-corrected chi connectivity index (χ4v) is 5.81. The largest absolute Gasteiger partial charge is 0.496 e. The van der Waals surface area contributed by atoms with E-state index < -0.39 is 17.8 Å². The Morgan fingerprint density at radius 3 is 2.43 bits per heavy atom. The zero-order valence-electron chi connectivity index (χ0n) is 21.7. The maximum absolute atomic E-state index is 14.0. The van der Waals surface area contributed by atoms with Gasteiger partial charge >= 0.3 is 5.97 Å². The van der Waals surface area contributed by atoms with Crippen LogP contribution in [0.15, 0.2) is 42.5 Å². The lowest BCUT2D eigenvalue weighted by Gasteiger charge is -2.33. The zero-order valence-corrected chi connectivity index (χ0v) is 22.4. The SMILES string of the molecule is COc1ccccc1[C@H]1CN(CC(=O)N2CCC(C(=O)O)CC2)C(=O)[C@H](CC(C)C)c2ccc(Cl)cc21. The van der Waals surface area contributed by atoms with Crippen molar-refractivity contribution in [1.82, 2.24) is 9.80 Å². The molecule has 0 saturated carbocycles. The maximum Gasteiger partial charge on any atom is 0.306 e. The van der Waals surface area contributed by atoms with Gasteiger partial charge in [-0.25, -0.2) is 0 Å². The van der Waals surface area contributed by atoms with Gasteiger partial charge in [0.25, 0.3) is 0 Å². The van der Waals surface area contributed by atoms with Gasteiger partial charge in [0, 0.05) is 36.1 Å². The molecule has 2 aliphatic heterocycles. The lowest BCUT2D eigenvalue weighted by Crippen LogP contribution is -2.47. The summed E-state index contributed by atoms with van der Waals surface area (Å²) in [6, 6.07) is 13.5. The number of piperidine rings is 1. The number of rotatable bonds is 7. The average Bonchev–Trinajstić information content (AvgIpc) is 2.98. The second-order valence-electron chi connectivity index (χ2n) is 10.5. The topological polar surface area (TPSA) is 87.2 Å². The van der Waals surface area contributed by atoms with Crippen molar-refractivity contribution < 1.29 is 24.2 Å². The number of halogens is 1. The van der Waals surface area contributed by atoms with Crippen LogP contribution in [0.4, 0.5) is 0 Å². The lowest BCUT2D eigenvalue weighted by atomic mass is 9.82. The van der Waals surface area contributed by atoms with Crippen LogP contribution < -0.4 is 4.74 Å². The van der Waals surface area contributed by atoms with E-state index in [2.05, 4.69) is 13.8 Å². The van der Waals surface area contributed by atoms with Crippen molar-refractivity contribution in [2.24, 2.45) is 11.8 Å². The molecule has 1 N–H and O–H groups in total. The minimum absolute atomic E-state index is 0.0431. The van der Waals surface area contributed by atoms with Crippen LogP contribution in [-0.4, -0.2) is 66.0 Å². The number of carboxylic acids is 1. The molecule has 2 atom stereocenters. The number of ether oxygens (including phenoxy) is 1. The van der Waals surface area contributed by atoms with Gasteiger partial charge < -0.3 is 19.6 Å². The standard InChI is InChI=1S/C29H35ClN2O5/c1-18(2)14-24-21-9-8-20(30)15-23(21)25(22-6-4-5-7-26(22)37-3)16-32(28(24)34)17-27(33)31-12-10-19(11-13-31)29(35)36/h4-9,15,18-19,24-25H,10-14,16-17H2,1-3H3,(H,35,36)/t24-,25-/m1/s1. The van der Waals surface area contributed by atoms with Crippen LogP contribution in [0.5, 0.6) is 5.75 Å². The van der Waals surface area contributed by atoms with Crippen LogP contribution in [0.3, 0.4) is 0 Å². The minimum atomic E-state index is -0.817. The summed E-state index contributed by atoms with van der Waals surface area (Å²) in [7, 11) is 1.63. The zero-order chi connectivity index (χ0) is 26.7. The Hall–Kier alpha value is -3.06. The first-order chi connectivity index (χ1) is 17.7. The molecule has 7 nitrogen and oxygen atoms in total. The molecule has 2 aromatic carbocycles. The molecule has 0 unspecified atom stereocenters. The van der Waals surface area contributed by atoms with Gasteiger partial charge in [-0.05, 0) is 54.5 Å². The van der Waals surface area contributed by atoms with Gasteiger partial charge in [0.15, 0.2) is 0 Å². The second-order valence-corrected chi connectivity index (χ2v) is 10.9. The summed E-state index contributed by atoms with van der Waals surface area (Å²) in [5.41, 5.74) is 2.86. The summed E-state index contributed by atoms with van der Waals surface area (Å²) in [5.74, 6) is -1.08. The van der Waals surface area contributed by atoms with Crippen molar-refractivity contribution in [3.63, 3.8) is 0 Å². The van der Waals surface area contributed by atoms with E-state index in [9.17, 15) is 19.5 Å². The van der Waals surface area contributed by atoms with Gasteiger partial charge in [0.2, 0.25) is 11.8 Å². The van der Waals surface area contributed by atoms with E-state index >= 15 is 0 Å². The summed E-state index contributed by atoms with van der Waals surface area (Å²) in [5, 5.41) is 9.90. The monoisotopic (exact) mass is 526 g/mol. The Bertz CT molecular complexity index is 1160. The number of aliphatic carboxylic acids is 1. The molecule has 8 heteroatoms. The highest BCUT2D eigenvalue weighted by Gasteiger charge is 2.38. The Morgan fingerprint density at radius 2 is 1.78 bits per heavy atom. The number of methoxy groups -OCH3 is 1. The van der Waals surface area contributed by atoms with Crippen LogP contribution in [0, 0.1) is 11.8 Å². The van der Waals surface area contributed by atoms with Crippen molar-refractivity contribution in [2.45, 2.75) is 44.9 Å². The molecule has 1 fully saturated rings. The van der Waals surface area contributed by atoms with Gasteiger partial charge in [-0.15, -0.1) is 0 Å². The predicted molar refractivity (Wildman–Crippen MR) is 142 cm³/mol. The smallest absolute Gasteiger partial charge is 0.306 e. The fraction of sp³-hybridized carbons (Fsp3) is 0.483. The minimum Gasteiger partial charge on any atom is -0.496 e. The highest BCUT2D eigenvalue weighted by molar-refractivity contribution is 6.30. The number of benzene rings is 2. The van der Waals surface area contributed by atoms with Crippen LogP contribution in [0.1, 0.15) is 61.6 Å². The number of fused-ring (bicyclic) bond motifs is 1. The molecule has 0 radical (unpaired) electrons. The molecule has 4 rings (SSSR count). The summed E-state index contributed by atoms with van der Waals surface area (Å²) in [6.45, 7) is 5.23. The molecule has 2 heterocycles. The third-order valence-electron chi connectivity index (χ3n) is 7.56. The number of para-hydroxylation sites is 1. The second kappa shape index (κ2) is 11.5. The summed E-state index contributed by atoms with van der Waals surface area (Å²) < 4.78 is 5.68. The van der Waals surface area contributed by atoms with Crippen LogP contribution in [0.2, 0.25) is 5.02 Å². The number of carbonyl (C=O) groups is 3. The van der Waals surface area contributed by atoms with Crippen molar-refractivity contribution >= 4 is 29.4 Å². The Labute approximate surface area is 223 Å². The molecular formula is C29H35ClN2O5. The number of amides is 2. The molecule has 2 amide bonds. The lowest BCUT2D eigenvalue weighted by molar-refractivity contribution is -0.147. The molecule has 0 aromatic heterocycles. The molecule has 2 aromatic rings. The highest BCUT2D eigenvalue weighted by Crippen LogP contribution is 2.42. The first-order valence-electron chi connectivity index (χ1n) is 12.9. The third-order valence-corrected chi connectivity index (χ3v) is 7.79. The number of hydrogen-bond acceptors (Lipinski definition) is 4. The molecule has 2 aliphatic rings. The average molecular weight is 527 g/mol. The number of hydrogen-bond donors (Lipinski definition) is 1. The van der Waals surface area contributed by atoms with E-state index in [4.69, 9.17) is 16.3 Å². The van der Waals surface area contributed by atoms with Gasteiger partial charge in [-0.3, -0.25) is 14.4 Å². The normalized spacial score (nSPS) is 20.5. The first-order valence-corrected chi connectivity index (χ1v) is 13.3. The van der Waals surface area contributed by atoms with Crippen LogP contribution in [0.25, 0.3) is 0 Å². The molecule has 0 bridgehead atoms. The number of likely N-dealkylation sites (tertiary alicyclic amines) is 1. The van der Waals surface area contributed by atoms with Crippen LogP contribution in [-0.2, 0) is 14.4 Å². The summed E-state index contributed by atoms with van der Waals surface area (Å²) in [6.07, 6.45) is 1.51. The molecule has 1 saturated heterocycles. The Balaban J connectivity index is 1.71. The van der Waals surface area contributed by atoms with Crippen molar-refractivity contribution in [3.8, 4) is 5.75 Å². The van der Waals surface area contributed by atoms with Gasteiger partial charge in [-0.2, -0.15) is 0 Å². The Kier molecular flexibility index (Phi) is 8.42. The molecule has 0 spiro atoms. The Morgan fingerprint density at radius 1 is 1.08 bits per heavy atom. The van der Waals surface area contributed by atoms with E-state index in [0.29, 0.717) is 43.9 Å². The molecule has 37 heavy (non-hydrogen) atoms. The number of nitrogens with zero attached hydrogens (tertiary/aromatic N) is 2. The fourth-order valence-electron chi connectivity index (χ4n) is 5.63. The maximum atomic E-state index is 14.0. The van der Waals surface area contributed by atoms with E-state index in [0.717, 1.165) is 22.4 Å². The summed E-state index contributed by atoms with van der Waals surface area (Å²) in [4.78, 5) is 42.1. The molecule has 198 valence electrons. The highest BCUT2D eigenvalue weighted by atomic mass is 35.5. The molecular weight excluding hydrogens is 492 g/mol. The van der Waals surface area contributed by atoms with Gasteiger partial charge in [0.1, 0.15) is 5.75 Å². The molecule has 0 aliphatic carbocycles. The van der Waals surface area contributed by atoms with Gasteiger partial charge in [0.05, 0.1) is 25.5 Å². The third kappa shape index (κ3) is 5.93. The van der Waals surface area contributed by atoms with E-state index in [-0.39, 0.29) is 30.2 Å². The summed E-state index contributed by atoms with van der Waals surface area (Å²) >= 11 is 6.47. The first kappa shape index (κ1) is 27.0. The number of carbonyl (C=O) groups excluding carboxylic acids is 2. The van der Waals surface area contributed by atoms with E-state index in [1.54, 1.807) is 16.9 Å². The quantitative estimate of drug-likeness (QED) is 0.561. The number of carboxylic acid groups (broad SMARTS) is 1. The van der Waals surface area contributed by atoms with Crippen LogP contribution >= 0.6 is 11.6 Å². The van der Waals surface area contributed by atoms with Crippen molar-refractivity contribution in [2.75, 3.05) is 33.3 Å². The van der Waals surface area contributed by atoms with Crippen molar-refractivity contribution in [3.05, 3.63) is 64.2 Å². The van der Waals surface area contributed by atoms with Crippen molar-refractivity contribution in [1.29, 1.82) is 0 Å². The van der Waals surface area contributed by atoms with E-state index in [1.807, 2.05) is 42.5 Å². The van der Waals surface area contributed by atoms with E-state index in [1.165, 1.54) is 0 Å². The predicted octanol–water partition coefficient (Wildman–Crippen LogP) is 4.78. The van der Waals surface area contributed by atoms with Gasteiger partial charge in [-0.1, -0.05) is 49.7 Å².